The van der Waals surface area contributed by atoms with Crippen molar-refractivity contribution in [2.75, 3.05) is 7.05 Å². The summed E-state index contributed by atoms with van der Waals surface area (Å²) in [7, 11) is 1.95. The Morgan fingerprint density at radius 1 is 1.00 bits per heavy atom. The number of halogens is 1. The van der Waals surface area contributed by atoms with Crippen molar-refractivity contribution < 1.29 is 4.74 Å². The molecule has 2 unspecified atom stereocenters. The summed E-state index contributed by atoms with van der Waals surface area (Å²) < 4.78 is 5.99. The van der Waals surface area contributed by atoms with Gasteiger partial charge in [-0.3, -0.25) is 0 Å². The minimum atomic E-state index is 0.0175. The molecule has 2 atom stereocenters. The van der Waals surface area contributed by atoms with Gasteiger partial charge in [-0.2, -0.15) is 0 Å². The summed E-state index contributed by atoms with van der Waals surface area (Å²) in [5, 5.41) is 4.03. The number of aryl methyl sites for hydroxylation is 1. The first kappa shape index (κ1) is 14.9. The highest BCUT2D eigenvalue weighted by Gasteiger charge is 2.19. The third kappa shape index (κ3) is 3.75. The first-order valence-electron chi connectivity index (χ1n) is 6.76. The Morgan fingerprint density at radius 3 is 2.15 bits per heavy atom. The molecule has 0 aliphatic rings. The van der Waals surface area contributed by atoms with Crippen molar-refractivity contribution in [1.82, 2.24) is 5.32 Å². The van der Waals surface area contributed by atoms with Crippen molar-refractivity contribution in [1.29, 1.82) is 0 Å². The number of likely N-dealkylation sites (N-methyl/N-ethyl adjacent to an activating group) is 1. The first-order valence-corrected chi connectivity index (χ1v) is 7.14. The summed E-state index contributed by atoms with van der Waals surface area (Å²) in [4.78, 5) is 0. The fraction of sp³-hybridized carbons (Fsp3) is 0.294. The molecular weight excluding hydrogens is 270 g/mol. The summed E-state index contributed by atoms with van der Waals surface area (Å²) in [6, 6.07) is 16.1. The lowest BCUT2D eigenvalue weighted by atomic mass is 10.0. The number of ether oxygens (including phenoxy) is 1. The average molecular weight is 290 g/mol. The second-order valence-corrected chi connectivity index (χ2v) is 5.39. The lowest BCUT2D eigenvalue weighted by Crippen LogP contribution is -2.31. The SMILES string of the molecule is CNC(c1ccc(C)cc1)C(C)Oc1ccc(Cl)cc1. The molecule has 3 heteroatoms. The molecule has 0 bridgehead atoms. The zero-order valence-electron chi connectivity index (χ0n) is 12.1. The Bertz CT molecular complexity index is 536. The molecule has 0 aromatic heterocycles. The number of benzene rings is 2. The molecule has 0 radical (unpaired) electrons. The van der Waals surface area contributed by atoms with Crippen LogP contribution in [-0.4, -0.2) is 13.2 Å². The van der Waals surface area contributed by atoms with Gasteiger partial charge in [0.15, 0.2) is 0 Å². The maximum atomic E-state index is 5.99. The van der Waals surface area contributed by atoms with Crippen LogP contribution in [-0.2, 0) is 0 Å². The van der Waals surface area contributed by atoms with Crippen LogP contribution < -0.4 is 10.1 Å². The third-order valence-electron chi connectivity index (χ3n) is 3.35. The van der Waals surface area contributed by atoms with Gasteiger partial charge in [0.2, 0.25) is 0 Å². The summed E-state index contributed by atoms with van der Waals surface area (Å²) >= 11 is 5.88. The molecule has 106 valence electrons. The summed E-state index contributed by atoms with van der Waals surface area (Å²) in [6.45, 7) is 4.15. The highest BCUT2D eigenvalue weighted by atomic mass is 35.5. The number of rotatable bonds is 5. The van der Waals surface area contributed by atoms with E-state index in [2.05, 4.69) is 43.4 Å². The monoisotopic (exact) mass is 289 g/mol. The third-order valence-corrected chi connectivity index (χ3v) is 3.60. The molecule has 0 heterocycles. The second kappa shape index (κ2) is 6.78. The van der Waals surface area contributed by atoms with Crippen LogP contribution >= 0.6 is 11.6 Å². The highest BCUT2D eigenvalue weighted by molar-refractivity contribution is 6.30. The van der Waals surface area contributed by atoms with Gasteiger partial charge in [0.05, 0.1) is 6.04 Å². The molecule has 2 nitrogen and oxygen atoms in total. The van der Waals surface area contributed by atoms with E-state index in [0.717, 1.165) is 5.75 Å². The van der Waals surface area contributed by atoms with Crippen molar-refractivity contribution in [3.8, 4) is 5.75 Å². The molecule has 0 fully saturated rings. The highest BCUT2D eigenvalue weighted by Crippen LogP contribution is 2.23. The molecule has 0 amide bonds. The van der Waals surface area contributed by atoms with E-state index >= 15 is 0 Å². The minimum Gasteiger partial charge on any atom is -0.489 e. The van der Waals surface area contributed by atoms with Gasteiger partial charge in [0.1, 0.15) is 11.9 Å². The minimum absolute atomic E-state index is 0.0175. The van der Waals surface area contributed by atoms with Gasteiger partial charge >= 0.3 is 0 Å². The Morgan fingerprint density at radius 2 is 1.60 bits per heavy atom. The van der Waals surface area contributed by atoms with E-state index in [1.165, 1.54) is 11.1 Å². The average Bonchev–Trinajstić information content (AvgIpc) is 2.44. The predicted octanol–water partition coefficient (Wildman–Crippen LogP) is 4.38. The summed E-state index contributed by atoms with van der Waals surface area (Å²) in [5.74, 6) is 0.828. The maximum Gasteiger partial charge on any atom is 0.119 e. The van der Waals surface area contributed by atoms with Crippen molar-refractivity contribution in [3.63, 3.8) is 0 Å². The van der Waals surface area contributed by atoms with Crippen molar-refractivity contribution in [2.24, 2.45) is 0 Å². The largest absolute Gasteiger partial charge is 0.489 e. The first-order chi connectivity index (χ1) is 9.60. The van der Waals surface area contributed by atoms with Gasteiger partial charge in [0.25, 0.3) is 0 Å². The fourth-order valence-electron chi connectivity index (χ4n) is 2.24. The lowest BCUT2D eigenvalue weighted by molar-refractivity contribution is 0.175. The Balaban J connectivity index is 2.10. The van der Waals surface area contributed by atoms with Crippen molar-refractivity contribution >= 4 is 11.6 Å². The van der Waals surface area contributed by atoms with E-state index in [0.29, 0.717) is 5.02 Å². The van der Waals surface area contributed by atoms with Crippen LogP contribution in [0, 0.1) is 6.92 Å². The normalized spacial score (nSPS) is 13.8. The van der Waals surface area contributed by atoms with Gasteiger partial charge in [-0.25, -0.2) is 0 Å². The molecule has 2 rings (SSSR count). The summed E-state index contributed by atoms with van der Waals surface area (Å²) in [5.41, 5.74) is 2.48. The maximum absolute atomic E-state index is 5.99. The molecule has 0 aliphatic carbocycles. The molecule has 1 N–H and O–H groups in total. The van der Waals surface area contributed by atoms with Crippen LogP contribution in [0.25, 0.3) is 0 Å². The van der Waals surface area contributed by atoms with Crippen molar-refractivity contribution in [3.05, 3.63) is 64.7 Å². The Kier molecular flexibility index (Phi) is 5.05. The molecule has 0 saturated carbocycles. The Labute approximate surface area is 125 Å². The molecule has 2 aromatic rings. The van der Waals surface area contributed by atoms with E-state index in [1.807, 2.05) is 31.3 Å². The predicted molar refractivity (Wildman–Crippen MR) is 84.5 cm³/mol. The van der Waals surface area contributed by atoms with E-state index in [1.54, 1.807) is 0 Å². The standard InChI is InChI=1S/C17H20ClNO/c1-12-4-6-14(7-5-12)17(19-3)13(2)20-16-10-8-15(18)9-11-16/h4-11,13,17,19H,1-3H3. The summed E-state index contributed by atoms with van der Waals surface area (Å²) in [6.07, 6.45) is 0.0175. The zero-order valence-corrected chi connectivity index (χ0v) is 12.8. The second-order valence-electron chi connectivity index (χ2n) is 4.95. The lowest BCUT2D eigenvalue weighted by Gasteiger charge is -2.25. The van der Waals surface area contributed by atoms with E-state index < -0.39 is 0 Å². The number of hydrogen-bond acceptors (Lipinski definition) is 2. The van der Waals surface area contributed by atoms with Crippen LogP contribution in [0.1, 0.15) is 24.1 Å². The van der Waals surface area contributed by atoms with Gasteiger partial charge in [0, 0.05) is 5.02 Å². The molecule has 0 saturated heterocycles. The van der Waals surface area contributed by atoms with Gasteiger partial charge in [-0.1, -0.05) is 41.4 Å². The van der Waals surface area contributed by atoms with Crippen LogP contribution in [0.2, 0.25) is 5.02 Å². The number of nitrogens with one attached hydrogen (secondary N) is 1. The van der Waals surface area contributed by atoms with Gasteiger partial charge < -0.3 is 10.1 Å². The number of hydrogen-bond donors (Lipinski definition) is 1. The molecule has 0 spiro atoms. The zero-order chi connectivity index (χ0) is 14.5. The topological polar surface area (TPSA) is 21.3 Å². The Hall–Kier alpha value is -1.51. The van der Waals surface area contributed by atoms with Crippen LogP contribution in [0.15, 0.2) is 48.5 Å². The quantitative estimate of drug-likeness (QED) is 0.882. The molecular formula is C17H20ClNO. The van der Waals surface area contributed by atoms with E-state index in [4.69, 9.17) is 16.3 Å². The smallest absolute Gasteiger partial charge is 0.119 e. The van der Waals surface area contributed by atoms with Gasteiger partial charge in [-0.15, -0.1) is 0 Å². The van der Waals surface area contributed by atoms with Crippen LogP contribution in [0.3, 0.4) is 0 Å². The van der Waals surface area contributed by atoms with Crippen LogP contribution in [0.4, 0.5) is 0 Å². The molecule has 0 aliphatic heterocycles. The van der Waals surface area contributed by atoms with Crippen molar-refractivity contribution in [2.45, 2.75) is 26.0 Å². The molecule has 20 heavy (non-hydrogen) atoms. The van der Waals surface area contributed by atoms with Gasteiger partial charge in [-0.05, 0) is 50.7 Å². The fourth-order valence-corrected chi connectivity index (χ4v) is 2.37. The molecule has 2 aromatic carbocycles. The van der Waals surface area contributed by atoms with Crippen LogP contribution in [0.5, 0.6) is 5.75 Å². The van der Waals surface area contributed by atoms with E-state index in [9.17, 15) is 0 Å². The van der Waals surface area contributed by atoms with E-state index in [-0.39, 0.29) is 12.1 Å².